The molecule has 186 valence electrons. The SMILES string of the molecule is CC(=O)N1CC(Oc2ccc(NC(=O)C(NCC(C)c3ccc(C#N)cc3)c3cnn(C)c3)nc2)C1. The van der Waals surface area contributed by atoms with Gasteiger partial charge in [0, 0.05) is 32.3 Å². The molecule has 3 heterocycles. The zero-order chi connectivity index (χ0) is 25.7. The average Bonchev–Trinajstić information content (AvgIpc) is 3.27. The molecule has 0 bridgehead atoms. The van der Waals surface area contributed by atoms with Crippen molar-refractivity contribution < 1.29 is 14.3 Å². The zero-order valence-corrected chi connectivity index (χ0v) is 20.5. The second-order valence-electron chi connectivity index (χ2n) is 8.96. The van der Waals surface area contributed by atoms with E-state index in [2.05, 4.69) is 33.7 Å². The lowest BCUT2D eigenvalue weighted by Crippen LogP contribution is -2.55. The molecule has 0 aliphatic carbocycles. The van der Waals surface area contributed by atoms with Gasteiger partial charge >= 0.3 is 0 Å². The fraction of sp³-hybridized carbons (Fsp3) is 0.346. The lowest BCUT2D eigenvalue weighted by atomic mass is 9.99. The number of benzene rings is 1. The van der Waals surface area contributed by atoms with E-state index in [1.807, 2.05) is 12.1 Å². The van der Waals surface area contributed by atoms with Crippen molar-refractivity contribution in [1.82, 2.24) is 25.0 Å². The summed E-state index contributed by atoms with van der Waals surface area (Å²) < 4.78 is 7.47. The summed E-state index contributed by atoms with van der Waals surface area (Å²) in [4.78, 5) is 30.5. The highest BCUT2D eigenvalue weighted by Gasteiger charge is 2.30. The number of rotatable bonds is 9. The summed E-state index contributed by atoms with van der Waals surface area (Å²) in [5.74, 6) is 0.882. The van der Waals surface area contributed by atoms with Crippen molar-refractivity contribution in [3.63, 3.8) is 0 Å². The van der Waals surface area contributed by atoms with Crippen LogP contribution in [0.25, 0.3) is 0 Å². The van der Waals surface area contributed by atoms with Gasteiger partial charge in [-0.2, -0.15) is 10.4 Å². The number of nitrogens with zero attached hydrogens (tertiary/aromatic N) is 5. The van der Waals surface area contributed by atoms with E-state index in [1.54, 1.807) is 59.5 Å². The third-order valence-electron chi connectivity index (χ3n) is 6.14. The highest BCUT2D eigenvalue weighted by Crippen LogP contribution is 2.21. The fourth-order valence-corrected chi connectivity index (χ4v) is 3.93. The number of likely N-dealkylation sites (tertiary alicyclic amines) is 1. The van der Waals surface area contributed by atoms with Crippen LogP contribution in [0.2, 0.25) is 0 Å². The molecule has 2 unspecified atom stereocenters. The van der Waals surface area contributed by atoms with Crippen LogP contribution in [0.1, 0.15) is 42.5 Å². The molecule has 2 amide bonds. The van der Waals surface area contributed by atoms with Crippen molar-refractivity contribution in [2.75, 3.05) is 25.0 Å². The highest BCUT2D eigenvalue weighted by molar-refractivity contribution is 5.94. The standard InChI is InChI=1S/C26H29N7O3/c1-17(20-6-4-19(10-27)5-7-20)11-29-25(21-12-30-32(3)14-21)26(35)31-24-9-8-22(13-28-24)36-23-15-33(16-23)18(2)34/h4-9,12-14,17,23,25,29H,11,15-16H2,1-3H3,(H,28,31,35). The van der Waals surface area contributed by atoms with Gasteiger partial charge in [-0.15, -0.1) is 0 Å². The maximum absolute atomic E-state index is 13.2. The minimum absolute atomic E-state index is 0.0362. The smallest absolute Gasteiger partial charge is 0.247 e. The molecule has 3 aromatic rings. The van der Waals surface area contributed by atoms with Gasteiger partial charge in [0.25, 0.3) is 0 Å². The van der Waals surface area contributed by atoms with Crippen LogP contribution in [0.3, 0.4) is 0 Å². The zero-order valence-electron chi connectivity index (χ0n) is 20.5. The summed E-state index contributed by atoms with van der Waals surface area (Å²) in [5.41, 5.74) is 2.42. The number of nitrogens with one attached hydrogen (secondary N) is 2. The van der Waals surface area contributed by atoms with Crippen LogP contribution in [0, 0.1) is 11.3 Å². The Bertz CT molecular complexity index is 1240. The Morgan fingerprint density at radius 2 is 1.92 bits per heavy atom. The third kappa shape index (κ3) is 6.06. The van der Waals surface area contributed by atoms with Gasteiger partial charge < -0.3 is 20.3 Å². The molecule has 10 nitrogen and oxygen atoms in total. The number of amides is 2. The van der Waals surface area contributed by atoms with Crippen molar-refractivity contribution >= 4 is 17.6 Å². The number of nitriles is 1. The summed E-state index contributed by atoms with van der Waals surface area (Å²) in [7, 11) is 1.80. The van der Waals surface area contributed by atoms with E-state index in [4.69, 9.17) is 10.00 Å². The molecule has 1 aliphatic rings. The predicted octanol–water partition coefficient (Wildman–Crippen LogP) is 2.37. The molecule has 36 heavy (non-hydrogen) atoms. The van der Waals surface area contributed by atoms with Crippen molar-refractivity contribution in [3.05, 3.63) is 71.7 Å². The first kappa shape index (κ1) is 24.9. The van der Waals surface area contributed by atoms with Gasteiger partial charge in [-0.3, -0.25) is 14.3 Å². The molecule has 1 fully saturated rings. The van der Waals surface area contributed by atoms with E-state index in [0.29, 0.717) is 36.8 Å². The molecule has 2 atom stereocenters. The molecule has 4 rings (SSSR count). The first-order chi connectivity index (χ1) is 17.3. The van der Waals surface area contributed by atoms with Crippen LogP contribution in [0.15, 0.2) is 55.0 Å². The van der Waals surface area contributed by atoms with Crippen LogP contribution >= 0.6 is 0 Å². The summed E-state index contributed by atoms with van der Waals surface area (Å²) >= 11 is 0. The molecular formula is C26H29N7O3. The van der Waals surface area contributed by atoms with Crippen molar-refractivity contribution in [3.8, 4) is 11.8 Å². The van der Waals surface area contributed by atoms with Crippen LogP contribution in [0.4, 0.5) is 5.82 Å². The summed E-state index contributed by atoms with van der Waals surface area (Å²) in [6.07, 6.45) is 4.98. The number of aryl methyl sites for hydroxylation is 1. The summed E-state index contributed by atoms with van der Waals surface area (Å²) in [6.45, 7) is 5.26. The fourth-order valence-electron chi connectivity index (χ4n) is 3.93. The van der Waals surface area contributed by atoms with Crippen molar-refractivity contribution in [1.29, 1.82) is 5.26 Å². The molecule has 0 spiro atoms. The Balaban J connectivity index is 1.37. The highest BCUT2D eigenvalue weighted by atomic mass is 16.5. The minimum Gasteiger partial charge on any atom is -0.485 e. The molecule has 10 heteroatoms. The molecule has 1 aromatic carbocycles. The quantitative estimate of drug-likeness (QED) is 0.475. The number of carbonyl (C=O) groups is 2. The lowest BCUT2D eigenvalue weighted by Gasteiger charge is -2.38. The van der Waals surface area contributed by atoms with Crippen molar-refractivity contribution in [2.45, 2.75) is 31.9 Å². The van der Waals surface area contributed by atoms with Crippen molar-refractivity contribution in [2.24, 2.45) is 7.05 Å². The number of aromatic nitrogens is 3. The summed E-state index contributed by atoms with van der Waals surface area (Å²) in [5, 5.41) is 19.4. The first-order valence-corrected chi connectivity index (χ1v) is 11.7. The first-order valence-electron chi connectivity index (χ1n) is 11.7. The molecule has 2 aromatic heterocycles. The van der Waals surface area contributed by atoms with E-state index >= 15 is 0 Å². The molecule has 1 aliphatic heterocycles. The number of ether oxygens (including phenoxy) is 1. The predicted molar refractivity (Wildman–Crippen MR) is 133 cm³/mol. The largest absolute Gasteiger partial charge is 0.485 e. The van der Waals surface area contributed by atoms with Gasteiger partial charge in [-0.25, -0.2) is 4.98 Å². The normalized spacial score (nSPS) is 14.9. The maximum atomic E-state index is 13.2. The number of hydrogen-bond donors (Lipinski definition) is 2. The minimum atomic E-state index is -0.634. The summed E-state index contributed by atoms with van der Waals surface area (Å²) in [6, 6.07) is 12.4. The van der Waals surface area contributed by atoms with Gasteiger partial charge in [0.1, 0.15) is 23.7 Å². The molecular weight excluding hydrogens is 458 g/mol. The van der Waals surface area contributed by atoms with E-state index in [1.165, 1.54) is 6.92 Å². The van der Waals surface area contributed by atoms with E-state index in [0.717, 1.165) is 11.1 Å². The number of anilines is 1. The molecule has 0 saturated carbocycles. The van der Waals surface area contributed by atoms with Crippen LogP contribution in [0.5, 0.6) is 5.75 Å². The molecule has 2 N–H and O–H groups in total. The Hall–Kier alpha value is -4.23. The van der Waals surface area contributed by atoms with E-state index in [-0.39, 0.29) is 23.8 Å². The monoisotopic (exact) mass is 487 g/mol. The van der Waals surface area contributed by atoms with Gasteiger partial charge in [-0.05, 0) is 35.7 Å². The van der Waals surface area contributed by atoms with Gasteiger partial charge in [0.05, 0.1) is 37.1 Å². The Labute approximate surface area is 209 Å². The second kappa shape index (κ2) is 11.0. The van der Waals surface area contributed by atoms with Gasteiger partial charge in [0.15, 0.2) is 0 Å². The Kier molecular flexibility index (Phi) is 7.61. The maximum Gasteiger partial charge on any atom is 0.247 e. The number of pyridine rings is 1. The Morgan fingerprint density at radius 1 is 1.17 bits per heavy atom. The second-order valence-corrected chi connectivity index (χ2v) is 8.96. The topological polar surface area (TPSA) is 125 Å². The van der Waals surface area contributed by atoms with Gasteiger partial charge in [0.2, 0.25) is 11.8 Å². The number of hydrogen-bond acceptors (Lipinski definition) is 7. The van der Waals surface area contributed by atoms with Crippen LogP contribution in [-0.2, 0) is 16.6 Å². The molecule has 1 saturated heterocycles. The van der Waals surface area contributed by atoms with Crippen LogP contribution in [-0.4, -0.2) is 57.2 Å². The number of carbonyl (C=O) groups excluding carboxylic acids is 2. The molecule has 0 radical (unpaired) electrons. The van der Waals surface area contributed by atoms with E-state index in [9.17, 15) is 9.59 Å². The average molecular weight is 488 g/mol. The van der Waals surface area contributed by atoms with Gasteiger partial charge in [-0.1, -0.05) is 19.1 Å². The lowest BCUT2D eigenvalue weighted by molar-refractivity contribution is -0.137. The Morgan fingerprint density at radius 3 is 2.50 bits per heavy atom. The third-order valence-corrected chi connectivity index (χ3v) is 6.14. The van der Waals surface area contributed by atoms with E-state index < -0.39 is 6.04 Å². The van der Waals surface area contributed by atoms with Crippen LogP contribution < -0.4 is 15.4 Å².